The van der Waals surface area contributed by atoms with Crippen molar-refractivity contribution >= 4 is 12.2 Å². The summed E-state index contributed by atoms with van der Waals surface area (Å²) in [7, 11) is 0. The summed E-state index contributed by atoms with van der Waals surface area (Å²) in [6, 6.07) is 0. The Kier molecular flexibility index (Phi) is 7.13. The van der Waals surface area contributed by atoms with Crippen molar-refractivity contribution in [2.75, 3.05) is 0 Å². The molecule has 0 spiro atoms. The number of nitrogens with zero attached hydrogens (tertiary/aromatic N) is 2. The number of hydrogen-bond donors (Lipinski definition) is 2. The fourth-order valence-electron chi connectivity index (χ4n) is 7.90. The minimum absolute atomic E-state index is 0.215. The van der Waals surface area contributed by atoms with Gasteiger partial charge in [-0.1, -0.05) is 38.5 Å². The molecule has 6 aliphatic carbocycles. The predicted octanol–water partition coefficient (Wildman–Crippen LogP) is 4.43. The Bertz CT molecular complexity index is 663. The fraction of sp³-hybridized carbons (Fsp3) is 0.920. The van der Waals surface area contributed by atoms with Gasteiger partial charge >= 0.3 is 0 Å². The highest BCUT2D eigenvalue weighted by atomic mass is 16.3. The van der Waals surface area contributed by atoms with Crippen LogP contribution in [-0.2, 0) is 9.59 Å². The second-order valence-electron chi connectivity index (χ2n) is 11.0. The number of carbonyl (C=O) groups excluding carboxylic acids is 2. The number of aliphatic hydroxyl groups excluding tert-OH is 1. The number of isocyanates is 2. The van der Waals surface area contributed by atoms with Crippen molar-refractivity contribution in [1.82, 2.24) is 0 Å². The van der Waals surface area contributed by atoms with Crippen LogP contribution in [0.3, 0.4) is 0 Å². The van der Waals surface area contributed by atoms with Gasteiger partial charge in [-0.25, -0.2) is 9.59 Å². The van der Waals surface area contributed by atoms with Crippen molar-refractivity contribution in [3.8, 4) is 0 Å². The van der Waals surface area contributed by atoms with E-state index in [-0.39, 0.29) is 11.8 Å². The lowest BCUT2D eigenvalue weighted by molar-refractivity contribution is -0.203. The molecule has 0 radical (unpaired) electrons. The molecule has 6 fully saturated rings. The van der Waals surface area contributed by atoms with Crippen molar-refractivity contribution in [3.63, 3.8) is 0 Å². The van der Waals surface area contributed by atoms with E-state index < -0.39 is 17.4 Å². The van der Waals surface area contributed by atoms with E-state index in [1.807, 2.05) is 0 Å². The first kappa shape index (κ1) is 22.9. The lowest BCUT2D eigenvalue weighted by Crippen LogP contribution is -2.60. The second kappa shape index (κ2) is 9.67. The molecule has 3 atom stereocenters. The third-order valence-electron chi connectivity index (χ3n) is 9.08. The maximum atomic E-state index is 10.9. The zero-order valence-corrected chi connectivity index (χ0v) is 18.7. The second-order valence-corrected chi connectivity index (χ2v) is 11.0. The van der Waals surface area contributed by atoms with Crippen LogP contribution in [0.4, 0.5) is 0 Å². The van der Waals surface area contributed by atoms with Gasteiger partial charge in [0.2, 0.25) is 12.2 Å². The highest BCUT2D eigenvalue weighted by Gasteiger charge is 2.55. The summed E-state index contributed by atoms with van der Waals surface area (Å²) in [5.74, 6) is 2.28. The average Bonchev–Trinajstić information content (AvgIpc) is 2.78. The van der Waals surface area contributed by atoms with Crippen molar-refractivity contribution < 1.29 is 19.8 Å². The minimum Gasteiger partial charge on any atom is -0.390 e. The smallest absolute Gasteiger partial charge is 0.237 e. The number of hydrogen-bond acceptors (Lipinski definition) is 6. The van der Waals surface area contributed by atoms with Gasteiger partial charge in [0, 0.05) is 11.8 Å². The van der Waals surface area contributed by atoms with E-state index in [9.17, 15) is 19.8 Å². The summed E-state index contributed by atoms with van der Waals surface area (Å²) >= 11 is 0. The Labute approximate surface area is 185 Å². The molecule has 172 valence electrons. The van der Waals surface area contributed by atoms with Crippen LogP contribution in [-0.4, -0.2) is 39.7 Å². The molecule has 0 aliphatic heterocycles. The molecular weight excluding hydrogens is 392 g/mol. The van der Waals surface area contributed by atoms with Gasteiger partial charge in [0.25, 0.3) is 0 Å². The summed E-state index contributed by atoms with van der Waals surface area (Å²) in [6.45, 7) is 0. The lowest BCUT2D eigenvalue weighted by Gasteiger charge is -2.57. The minimum atomic E-state index is -0.857. The maximum absolute atomic E-state index is 10.9. The van der Waals surface area contributed by atoms with E-state index in [1.165, 1.54) is 32.1 Å². The van der Waals surface area contributed by atoms with Gasteiger partial charge in [-0.15, -0.1) is 0 Å². The van der Waals surface area contributed by atoms with Gasteiger partial charge in [0.05, 0.1) is 11.7 Å². The van der Waals surface area contributed by atoms with Gasteiger partial charge < -0.3 is 10.2 Å². The van der Waals surface area contributed by atoms with E-state index in [0.29, 0.717) is 5.92 Å². The fourth-order valence-corrected chi connectivity index (χ4v) is 7.90. The molecule has 0 amide bonds. The van der Waals surface area contributed by atoms with Crippen LogP contribution in [0, 0.1) is 29.6 Å². The van der Waals surface area contributed by atoms with Crippen LogP contribution in [0.1, 0.15) is 96.3 Å². The van der Waals surface area contributed by atoms with Gasteiger partial charge in [-0.3, -0.25) is 0 Å². The molecule has 2 N–H and O–H groups in total. The molecule has 6 nitrogen and oxygen atoms in total. The van der Waals surface area contributed by atoms with E-state index in [4.69, 9.17) is 0 Å². The molecule has 6 aliphatic rings. The molecule has 6 saturated carbocycles. The topological polar surface area (TPSA) is 99.3 Å². The van der Waals surface area contributed by atoms with Crippen LogP contribution < -0.4 is 0 Å². The number of aliphatic imine (C=N–C) groups is 2. The number of rotatable bonds is 4. The van der Waals surface area contributed by atoms with Gasteiger partial charge in [-0.05, 0) is 75.5 Å². The highest BCUT2D eigenvalue weighted by Crippen LogP contribution is 2.55. The van der Waals surface area contributed by atoms with Crippen LogP contribution in [0.25, 0.3) is 0 Å². The molecule has 6 heteroatoms. The summed E-state index contributed by atoms with van der Waals surface area (Å²) in [6.07, 6.45) is 19.4. The molecule has 0 aromatic rings. The molecule has 0 aromatic heterocycles. The first-order valence-corrected chi connectivity index (χ1v) is 12.6. The van der Waals surface area contributed by atoms with Crippen LogP contribution in [0.5, 0.6) is 0 Å². The Balaban J connectivity index is 0.000000163. The molecule has 0 saturated heterocycles. The molecule has 6 rings (SSSR count). The Hall–Kier alpha value is -1.32. The van der Waals surface area contributed by atoms with Crippen molar-refractivity contribution in [2.24, 2.45) is 39.6 Å². The molecular formula is C25H38N2O4. The summed E-state index contributed by atoms with van der Waals surface area (Å²) in [5, 5.41) is 20.0. The van der Waals surface area contributed by atoms with Crippen molar-refractivity contribution in [2.45, 2.75) is 114 Å². The van der Waals surface area contributed by atoms with Crippen molar-refractivity contribution in [1.29, 1.82) is 0 Å². The third kappa shape index (κ3) is 4.59. The van der Waals surface area contributed by atoms with Crippen LogP contribution in [0.2, 0.25) is 0 Å². The molecule has 31 heavy (non-hydrogen) atoms. The standard InChI is InChI=1S/C15H22N2O2.C10H16O2/c18-11-16-15(17-12-19,13-7-3-1-4-8-13)14-9-5-2-6-10-14;11-9-8-2-6-1-7(3-8)5-10(9,12)4-6/h13-14H,1-10H2;6-9,11-12H,1-5H2. The SMILES string of the molecule is O=C=NC(N=C=O)(C1CCCCC1)C1CCCCC1.OC1C2CC3CC(C2)CC1(O)C3. The highest BCUT2D eigenvalue weighted by molar-refractivity contribution is 5.40. The zero-order chi connectivity index (χ0) is 21.9. The van der Waals surface area contributed by atoms with Crippen molar-refractivity contribution in [3.05, 3.63) is 0 Å². The molecule has 3 unspecified atom stereocenters. The van der Waals surface area contributed by atoms with E-state index >= 15 is 0 Å². The lowest BCUT2D eigenvalue weighted by atomic mass is 9.53. The maximum Gasteiger partial charge on any atom is 0.237 e. The first-order chi connectivity index (χ1) is 15.0. The number of aliphatic hydroxyl groups is 2. The molecule has 0 heterocycles. The van der Waals surface area contributed by atoms with E-state index in [0.717, 1.165) is 76.0 Å². The monoisotopic (exact) mass is 430 g/mol. The van der Waals surface area contributed by atoms with Crippen LogP contribution in [0.15, 0.2) is 9.98 Å². The zero-order valence-electron chi connectivity index (χ0n) is 18.7. The third-order valence-corrected chi connectivity index (χ3v) is 9.08. The van der Waals surface area contributed by atoms with E-state index in [1.54, 1.807) is 12.2 Å². The first-order valence-electron chi connectivity index (χ1n) is 12.6. The predicted molar refractivity (Wildman–Crippen MR) is 117 cm³/mol. The molecule has 4 bridgehead atoms. The normalized spacial score (nSPS) is 37.9. The molecule has 0 aromatic carbocycles. The van der Waals surface area contributed by atoms with Crippen LogP contribution >= 0.6 is 0 Å². The Morgan fingerprint density at radius 1 is 0.742 bits per heavy atom. The average molecular weight is 431 g/mol. The summed E-state index contributed by atoms with van der Waals surface area (Å²) < 4.78 is 0. The van der Waals surface area contributed by atoms with Gasteiger partial charge in [0.15, 0.2) is 5.66 Å². The Morgan fingerprint density at radius 3 is 1.58 bits per heavy atom. The van der Waals surface area contributed by atoms with E-state index in [2.05, 4.69) is 9.98 Å². The van der Waals surface area contributed by atoms with Gasteiger partial charge in [0.1, 0.15) is 0 Å². The largest absolute Gasteiger partial charge is 0.390 e. The summed E-state index contributed by atoms with van der Waals surface area (Å²) in [5.41, 5.74) is -1.54. The van der Waals surface area contributed by atoms with Gasteiger partial charge in [-0.2, -0.15) is 9.98 Å². The Morgan fingerprint density at radius 2 is 1.19 bits per heavy atom. The quantitative estimate of drug-likeness (QED) is 0.509. The summed E-state index contributed by atoms with van der Waals surface area (Å²) in [4.78, 5) is 29.9.